The Bertz CT molecular complexity index is 3760. The van der Waals surface area contributed by atoms with Crippen molar-refractivity contribution >= 4 is 55.4 Å². The molecule has 0 saturated carbocycles. The van der Waals surface area contributed by atoms with Gasteiger partial charge in [0.1, 0.15) is 0 Å². The number of pyridine rings is 1. The monoisotopic (exact) mass is 820 g/mol. The molecule has 2 aliphatic carbocycles. The van der Waals surface area contributed by atoms with Crippen LogP contribution in [-0.2, 0) is 10.8 Å². The van der Waals surface area contributed by atoms with Crippen LogP contribution in [0.5, 0.6) is 0 Å². The highest BCUT2D eigenvalue weighted by atomic mass is 16.1. The zero-order chi connectivity index (χ0) is 43.1. The van der Waals surface area contributed by atoms with Crippen molar-refractivity contribution in [2.24, 2.45) is 0 Å². The number of nitrogens with zero attached hydrogens (tertiary/aromatic N) is 2. The quantitative estimate of drug-likeness (QED) is 0.166. The van der Waals surface area contributed by atoms with E-state index >= 15 is 4.79 Å². The van der Waals surface area contributed by atoms with Gasteiger partial charge in [0.15, 0.2) is 0 Å². The molecule has 10 aromatic rings. The third kappa shape index (κ3) is 4.58. The maximum atomic E-state index is 15.1. The van der Waals surface area contributed by atoms with Gasteiger partial charge in [-0.1, -0.05) is 172 Å². The van der Waals surface area contributed by atoms with Crippen molar-refractivity contribution in [3.8, 4) is 22.3 Å². The Kier molecular flexibility index (Phi) is 7.57. The van der Waals surface area contributed by atoms with Crippen molar-refractivity contribution in [2.75, 3.05) is 4.90 Å². The molecular formula is C61H44N2O. The topological polar surface area (TPSA) is 24.7 Å². The van der Waals surface area contributed by atoms with Crippen molar-refractivity contribution in [2.45, 2.75) is 38.5 Å². The Balaban J connectivity index is 1.08. The predicted octanol–water partition coefficient (Wildman–Crippen LogP) is 14.8. The molecular weight excluding hydrogens is 777 g/mol. The third-order valence-electron chi connectivity index (χ3n) is 14.8. The van der Waals surface area contributed by atoms with E-state index in [1.165, 1.54) is 61.3 Å². The number of aryl methyl sites for hydroxylation is 1. The minimum atomic E-state index is -0.504. The van der Waals surface area contributed by atoms with Crippen molar-refractivity contribution < 1.29 is 0 Å². The van der Waals surface area contributed by atoms with Crippen LogP contribution in [0, 0.1) is 6.92 Å². The Morgan fingerprint density at radius 3 is 1.83 bits per heavy atom. The van der Waals surface area contributed by atoms with Crippen LogP contribution < -0.4 is 10.5 Å². The Morgan fingerprint density at radius 2 is 1.12 bits per heavy atom. The first-order valence-electron chi connectivity index (χ1n) is 22.4. The number of hydrogen-bond acceptors (Lipinski definition) is 2. The van der Waals surface area contributed by atoms with Gasteiger partial charge in [0.05, 0.1) is 22.1 Å². The van der Waals surface area contributed by atoms with E-state index < -0.39 is 5.41 Å². The number of benzene rings is 8. The van der Waals surface area contributed by atoms with Crippen LogP contribution in [0.3, 0.4) is 0 Å². The lowest BCUT2D eigenvalue weighted by Crippen LogP contribution is -2.36. The van der Waals surface area contributed by atoms with E-state index in [0.717, 1.165) is 60.5 Å². The Morgan fingerprint density at radius 1 is 0.531 bits per heavy atom. The van der Waals surface area contributed by atoms with Crippen molar-refractivity contribution in [3.05, 3.63) is 249 Å². The number of aromatic nitrogens is 1. The number of para-hydroxylation sites is 2. The zero-order valence-electron chi connectivity index (χ0n) is 36.3. The summed E-state index contributed by atoms with van der Waals surface area (Å²) in [6, 6.07) is 61.5. The fraction of sp³-hybridized carbons (Fsp3) is 0.0984. The largest absolute Gasteiger partial charge is 0.310 e. The van der Waals surface area contributed by atoms with E-state index in [2.05, 4.69) is 219 Å². The van der Waals surface area contributed by atoms with Crippen molar-refractivity contribution in [1.29, 1.82) is 0 Å². The SMILES string of the molecule is C\C=C1/C(=C\C=C\c2cc3c4ccccc4c(=O)n4c5c6c(ccc5c(c2)c34)C2(c3ccccc3-c3ccccc32)c2ccccc2-6)N(c2ccccc2)c2c(C)cccc2C1(C)C. The molecule has 0 N–H and O–H groups in total. The number of hydrogen-bond donors (Lipinski definition) is 0. The van der Waals surface area contributed by atoms with Crippen LogP contribution in [0.2, 0.25) is 0 Å². The first kappa shape index (κ1) is 36.9. The van der Waals surface area contributed by atoms with Crippen LogP contribution in [-0.4, -0.2) is 4.40 Å². The average molecular weight is 821 g/mol. The van der Waals surface area contributed by atoms with E-state index in [-0.39, 0.29) is 11.0 Å². The maximum absolute atomic E-state index is 15.1. The van der Waals surface area contributed by atoms with Gasteiger partial charge < -0.3 is 4.90 Å². The lowest BCUT2D eigenvalue weighted by atomic mass is 9.70. The van der Waals surface area contributed by atoms with E-state index in [4.69, 9.17) is 0 Å². The fourth-order valence-electron chi connectivity index (χ4n) is 12.3. The summed E-state index contributed by atoms with van der Waals surface area (Å²) < 4.78 is 2.05. The van der Waals surface area contributed by atoms with Gasteiger partial charge in [0.25, 0.3) is 5.56 Å². The molecule has 0 atom stereocenters. The van der Waals surface area contributed by atoms with Gasteiger partial charge in [-0.15, -0.1) is 0 Å². The molecule has 64 heavy (non-hydrogen) atoms. The maximum Gasteiger partial charge on any atom is 0.263 e. The molecule has 2 aromatic heterocycles. The van der Waals surface area contributed by atoms with Crippen LogP contribution in [0.1, 0.15) is 59.7 Å². The molecule has 0 saturated heterocycles. The van der Waals surface area contributed by atoms with E-state index in [9.17, 15) is 0 Å². The second kappa shape index (κ2) is 13.1. The smallest absolute Gasteiger partial charge is 0.263 e. The molecule has 1 aliphatic heterocycles. The number of anilines is 2. The summed E-state index contributed by atoms with van der Waals surface area (Å²) in [6.07, 6.45) is 9.03. The lowest BCUT2D eigenvalue weighted by Gasteiger charge is -2.45. The summed E-state index contributed by atoms with van der Waals surface area (Å²) in [7, 11) is 0. The van der Waals surface area contributed by atoms with Gasteiger partial charge in [0.2, 0.25) is 0 Å². The molecule has 1 spiro atoms. The highest BCUT2D eigenvalue weighted by Gasteiger charge is 2.52. The Hall–Kier alpha value is -7.75. The minimum absolute atomic E-state index is 0.0190. The van der Waals surface area contributed by atoms with Gasteiger partial charge >= 0.3 is 0 Å². The molecule has 3 heteroatoms. The second-order valence-electron chi connectivity index (χ2n) is 18.3. The number of rotatable bonds is 3. The Labute approximate surface area is 372 Å². The third-order valence-corrected chi connectivity index (χ3v) is 14.8. The lowest BCUT2D eigenvalue weighted by molar-refractivity contribution is 0.611. The molecule has 13 rings (SSSR count). The summed E-state index contributed by atoms with van der Waals surface area (Å²) in [4.78, 5) is 17.6. The zero-order valence-corrected chi connectivity index (χ0v) is 36.3. The molecule has 0 unspecified atom stereocenters. The number of fused-ring (bicyclic) bond motifs is 17. The molecule has 304 valence electrons. The minimum Gasteiger partial charge on any atom is -0.310 e. The molecule has 0 fully saturated rings. The molecule has 3 aliphatic rings. The summed E-state index contributed by atoms with van der Waals surface area (Å²) in [5.74, 6) is 0. The van der Waals surface area contributed by atoms with Crippen LogP contribution in [0.25, 0.3) is 66.3 Å². The van der Waals surface area contributed by atoms with E-state index in [1.807, 2.05) is 12.1 Å². The summed E-state index contributed by atoms with van der Waals surface area (Å²) >= 11 is 0. The average Bonchev–Trinajstić information content (AvgIpc) is 3.93. The first-order valence-corrected chi connectivity index (χ1v) is 22.4. The van der Waals surface area contributed by atoms with Gasteiger partial charge in [-0.25, -0.2) is 0 Å². The molecule has 3 heterocycles. The highest BCUT2D eigenvalue weighted by Crippen LogP contribution is 2.64. The van der Waals surface area contributed by atoms with Crippen LogP contribution in [0.4, 0.5) is 11.4 Å². The fourth-order valence-corrected chi connectivity index (χ4v) is 12.3. The van der Waals surface area contributed by atoms with Crippen LogP contribution in [0.15, 0.2) is 204 Å². The summed E-state index contributed by atoms with van der Waals surface area (Å²) in [6.45, 7) is 9.06. The molecule has 0 amide bonds. The second-order valence-corrected chi connectivity index (χ2v) is 18.3. The molecule has 0 radical (unpaired) electrons. The number of allylic oxidation sites excluding steroid dienone is 4. The van der Waals surface area contributed by atoms with Gasteiger partial charge in [-0.05, 0) is 117 Å². The first-order chi connectivity index (χ1) is 31.3. The van der Waals surface area contributed by atoms with Gasteiger partial charge in [0, 0.05) is 43.9 Å². The standard InChI is InChI=1S/C61H44N2O/c1-5-48-54(62(39-21-7-6-8-22-39)56-37(2)19-17-31-53(56)60(48,3)4)32-18-20-38-35-46-40-23-9-10-26-44(40)59(64)63-57(46)47(36-38)43-33-34-52-55(58(43)63)45-27-13-16-30-51(45)61(52)49-28-14-11-24-41(49)42-25-12-15-29-50(42)61/h5-36H,1-4H3/b20-18+,48-5+,54-32+. The van der Waals surface area contributed by atoms with E-state index in [1.54, 1.807) is 0 Å². The van der Waals surface area contributed by atoms with Gasteiger partial charge in [-0.3, -0.25) is 9.20 Å². The normalized spacial score (nSPS) is 16.7. The van der Waals surface area contributed by atoms with E-state index in [0.29, 0.717) is 0 Å². The van der Waals surface area contributed by atoms with Crippen molar-refractivity contribution in [1.82, 2.24) is 4.40 Å². The highest BCUT2D eigenvalue weighted by molar-refractivity contribution is 6.24. The van der Waals surface area contributed by atoms with Gasteiger partial charge in [-0.2, -0.15) is 0 Å². The van der Waals surface area contributed by atoms with Crippen LogP contribution >= 0.6 is 0 Å². The predicted molar refractivity (Wildman–Crippen MR) is 267 cm³/mol. The molecule has 3 nitrogen and oxygen atoms in total. The molecule has 0 bridgehead atoms. The molecule has 8 aromatic carbocycles. The van der Waals surface area contributed by atoms with Crippen molar-refractivity contribution in [3.63, 3.8) is 0 Å². The summed E-state index contributed by atoms with van der Waals surface area (Å²) in [5, 5.41) is 4.94. The summed E-state index contributed by atoms with van der Waals surface area (Å²) in [5.41, 5.74) is 19.7.